The summed E-state index contributed by atoms with van der Waals surface area (Å²) in [5, 5.41) is 0.110. The summed E-state index contributed by atoms with van der Waals surface area (Å²) >= 11 is 5.40. The van der Waals surface area contributed by atoms with Gasteiger partial charge in [0.15, 0.2) is 0 Å². The van der Waals surface area contributed by atoms with Crippen molar-refractivity contribution < 1.29 is 3.10 Å². The van der Waals surface area contributed by atoms with Gasteiger partial charge in [-0.15, -0.1) is 0 Å². The van der Waals surface area contributed by atoms with Crippen LogP contribution in [0.5, 0.6) is 0 Å². The molecule has 0 aromatic rings. The molecule has 0 fully saturated rings. The average molecular weight is 205 g/mol. The Hall–Kier alpha value is 0.480. The van der Waals surface area contributed by atoms with E-state index in [1.165, 1.54) is 0 Å². The predicted molar refractivity (Wildman–Crippen MR) is 25.0 cm³/mol. The van der Waals surface area contributed by atoms with Gasteiger partial charge in [0.05, 0.1) is 0 Å². The van der Waals surface area contributed by atoms with Crippen molar-refractivity contribution in [2.24, 2.45) is 5.73 Å². The van der Waals surface area contributed by atoms with Gasteiger partial charge in [0, 0.05) is 0 Å². The normalized spacial score (nSPS) is 6.60. The van der Waals surface area contributed by atoms with Gasteiger partial charge in [0.2, 0.25) is 0 Å². The van der Waals surface area contributed by atoms with E-state index < -0.39 is 0 Å². The van der Waals surface area contributed by atoms with Gasteiger partial charge in [-0.2, -0.15) is 0 Å². The molecule has 30 valence electrons. The zero-order valence-corrected chi connectivity index (χ0v) is 5.71. The van der Waals surface area contributed by atoms with E-state index in [2.05, 4.69) is 15.3 Å². The van der Waals surface area contributed by atoms with Gasteiger partial charge >= 0.3 is 48.9 Å². The number of rotatable bonds is 0. The van der Waals surface area contributed by atoms with Gasteiger partial charge < -0.3 is 0 Å². The first kappa shape index (κ1) is 5.48. The molecule has 0 aliphatic carbocycles. The van der Waals surface area contributed by atoms with Crippen LogP contribution in [0.4, 0.5) is 0 Å². The second-order valence-electron chi connectivity index (χ2n) is 0.410. The van der Waals surface area contributed by atoms with E-state index >= 15 is 0 Å². The molecule has 0 spiro atoms. The second kappa shape index (κ2) is 2.70. The van der Waals surface area contributed by atoms with Crippen molar-refractivity contribution in [1.29, 1.82) is 0 Å². The molecule has 0 rings (SSSR count). The third-order valence-corrected chi connectivity index (χ3v) is 1.10. The quantitative estimate of drug-likeness (QED) is 0.409. The van der Waals surface area contributed by atoms with Crippen LogP contribution < -0.4 is 5.73 Å². The third kappa shape index (κ3) is 4.48. The summed E-state index contributed by atoms with van der Waals surface area (Å²) in [7, 11) is 0. The molecular weight excluding hydrogens is 202 g/mol. The van der Waals surface area contributed by atoms with Crippen molar-refractivity contribution in [3.8, 4) is 0 Å². The molecule has 0 saturated heterocycles. The van der Waals surface area contributed by atoms with Crippen molar-refractivity contribution in [3.63, 3.8) is 0 Å². The summed E-state index contributed by atoms with van der Waals surface area (Å²) in [4.78, 5) is 0. The van der Waals surface area contributed by atoms with Crippen LogP contribution in [-0.2, 0) is 3.10 Å². The Morgan fingerprint density at radius 3 is 2.20 bits per heavy atom. The first-order valence-corrected chi connectivity index (χ1v) is 2.33. The Labute approximate surface area is 49.1 Å². The van der Waals surface area contributed by atoms with E-state index in [4.69, 9.17) is 5.73 Å². The molecule has 2 N–H and O–H groups in total. The van der Waals surface area contributed by atoms with Crippen LogP contribution in [0.3, 0.4) is 0 Å². The fourth-order valence-corrected chi connectivity index (χ4v) is 0. The predicted octanol–water partition coefficient (Wildman–Crippen LogP) is -0.938. The van der Waals surface area contributed by atoms with Crippen LogP contribution in [0.25, 0.3) is 0 Å². The van der Waals surface area contributed by atoms with Gasteiger partial charge in [-0.25, -0.2) is 0 Å². The Balaban J connectivity index is 2.85. The minimum atomic E-state index is 0.110. The molecule has 2 nitrogen and oxygen atoms in total. The van der Waals surface area contributed by atoms with Gasteiger partial charge in [-0.3, -0.25) is 0 Å². The van der Waals surface area contributed by atoms with Gasteiger partial charge in [-0.05, 0) is 0 Å². The van der Waals surface area contributed by atoms with E-state index in [1.807, 2.05) is 0 Å². The first-order chi connectivity index (χ1) is 2.27. The molecular formula is CH3NOSTe. The Kier molecular flexibility index (Phi) is 2.96. The zero-order valence-electron chi connectivity index (χ0n) is 2.34. The maximum absolute atomic E-state index is 4.81. The van der Waals surface area contributed by atoms with Crippen molar-refractivity contribution in [2.45, 2.75) is 0 Å². The first-order valence-electron chi connectivity index (χ1n) is 0.879. The van der Waals surface area contributed by atoms with Crippen LogP contribution in [0.2, 0.25) is 0 Å². The van der Waals surface area contributed by atoms with Crippen LogP contribution in [0.1, 0.15) is 0 Å². The SMILES string of the molecule is NC(=S)O[TeH]. The standard InChI is InChI=1S/CH3NOSTe/c2-1(4)3-5/h5H,(H2,2,4). The molecule has 0 heterocycles. The molecule has 0 amide bonds. The van der Waals surface area contributed by atoms with Gasteiger partial charge in [0.1, 0.15) is 0 Å². The van der Waals surface area contributed by atoms with E-state index in [0.29, 0.717) is 0 Å². The van der Waals surface area contributed by atoms with Crippen molar-refractivity contribution >= 4 is 40.1 Å². The summed E-state index contributed by atoms with van der Waals surface area (Å²) in [6.45, 7) is 0. The molecule has 0 atom stereocenters. The topological polar surface area (TPSA) is 35.2 Å². The van der Waals surface area contributed by atoms with Crippen molar-refractivity contribution in [1.82, 2.24) is 0 Å². The van der Waals surface area contributed by atoms with E-state index in [-0.39, 0.29) is 5.17 Å². The minimum absolute atomic E-state index is 0.110. The second-order valence-corrected chi connectivity index (χ2v) is 1.33. The summed E-state index contributed by atoms with van der Waals surface area (Å²) < 4.78 is 4.31. The fourth-order valence-electron chi connectivity index (χ4n) is 0. The third-order valence-electron chi connectivity index (χ3n) is 0.0900. The number of nitrogens with two attached hydrogens (primary N) is 1. The molecule has 0 aliphatic rings. The molecule has 0 unspecified atom stereocenters. The van der Waals surface area contributed by atoms with E-state index in [0.717, 1.165) is 22.7 Å². The number of thiocarbonyl (C=S) groups is 1. The molecule has 0 aliphatic heterocycles. The van der Waals surface area contributed by atoms with Crippen LogP contribution in [-0.4, -0.2) is 27.9 Å². The molecule has 0 aromatic heterocycles. The van der Waals surface area contributed by atoms with Gasteiger partial charge in [0.25, 0.3) is 0 Å². The summed E-state index contributed by atoms with van der Waals surface area (Å²) in [5.74, 6) is 0. The summed E-state index contributed by atoms with van der Waals surface area (Å²) in [6.07, 6.45) is 0. The fraction of sp³-hybridized carbons (Fsp3) is 0. The van der Waals surface area contributed by atoms with E-state index in [1.54, 1.807) is 0 Å². The average Bonchev–Trinajstić information content (AvgIpc) is 1.38. The van der Waals surface area contributed by atoms with Crippen molar-refractivity contribution in [2.75, 3.05) is 0 Å². The summed E-state index contributed by atoms with van der Waals surface area (Å²) in [6, 6.07) is 0. The zero-order chi connectivity index (χ0) is 4.28. The van der Waals surface area contributed by atoms with E-state index in [9.17, 15) is 0 Å². The molecule has 0 saturated carbocycles. The maximum atomic E-state index is 4.81. The Morgan fingerprint density at radius 1 is 2.00 bits per heavy atom. The number of hydrogen-bond acceptors (Lipinski definition) is 2. The molecule has 0 aromatic carbocycles. The Morgan fingerprint density at radius 2 is 2.20 bits per heavy atom. The molecule has 0 bridgehead atoms. The van der Waals surface area contributed by atoms with Crippen LogP contribution >= 0.6 is 12.2 Å². The molecule has 0 radical (unpaired) electrons. The monoisotopic (exact) mass is 207 g/mol. The molecule has 5 heavy (non-hydrogen) atoms. The van der Waals surface area contributed by atoms with Crippen molar-refractivity contribution in [3.05, 3.63) is 0 Å². The molecule has 4 heteroatoms. The van der Waals surface area contributed by atoms with Gasteiger partial charge in [-0.1, -0.05) is 0 Å². The summed E-state index contributed by atoms with van der Waals surface area (Å²) in [5.41, 5.74) is 4.81. The number of hydrogen-bond donors (Lipinski definition) is 1. The Bertz CT molecular complexity index is 46.9. The van der Waals surface area contributed by atoms with Crippen LogP contribution in [0.15, 0.2) is 0 Å². The van der Waals surface area contributed by atoms with Crippen LogP contribution in [0, 0.1) is 0 Å².